The maximum absolute atomic E-state index is 11.5. The average molecular weight is 265 g/mol. The molecule has 3 N–H and O–H groups in total. The van der Waals surface area contributed by atoms with Crippen LogP contribution in [0.4, 0.5) is 0 Å². The van der Waals surface area contributed by atoms with Crippen LogP contribution in [0.2, 0.25) is 0 Å². The molecule has 0 saturated carbocycles. The first-order valence-corrected chi connectivity index (χ1v) is 6.44. The molecule has 2 atom stereocenters. The van der Waals surface area contributed by atoms with Crippen molar-refractivity contribution >= 4 is 21.7 Å². The standard InChI is InChI=1S/C9H15NO6S/c1-3-4-17(15,16)6(2)8(12)10-7(5-11)9(13)14/h3,6-7,11H,1,4-5H2,2H3,(H,10,12)(H,13,14). The Morgan fingerprint density at radius 3 is 2.35 bits per heavy atom. The fourth-order valence-corrected chi connectivity index (χ4v) is 1.96. The first kappa shape index (κ1) is 15.6. The number of hydrogen-bond donors (Lipinski definition) is 3. The maximum Gasteiger partial charge on any atom is 0.328 e. The average Bonchev–Trinajstić information content (AvgIpc) is 2.23. The Balaban J connectivity index is 4.72. The van der Waals surface area contributed by atoms with Gasteiger partial charge >= 0.3 is 5.97 Å². The summed E-state index contributed by atoms with van der Waals surface area (Å²) in [5.41, 5.74) is 0. The molecule has 0 aromatic carbocycles. The van der Waals surface area contributed by atoms with E-state index < -0.39 is 39.6 Å². The number of carboxylic acid groups (broad SMARTS) is 1. The number of rotatable bonds is 7. The van der Waals surface area contributed by atoms with Gasteiger partial charge in [0.05, 0.1) is 12.4 Å². The predicted octanol–water partition coefficient (Wildman–Crippen LogP) is -1.46. The molecule has 0 radical (unpaired) electrons. The van der Waals surface area contributed by atoms with Gasteiger partial charge in [-0.1, -0.05) is 6.08 Å². The highest BCUT2D eigenvalue weighted by molar-refractivity contribution is 7.92. The molecule has 0 saturated heterocycles. The molecule has 0 aliphatic heterocycles. The molecule has 0 spiro atoms. The SMILES string of the molecule is C=CCS(=O)(=O)C(C)C(=O)NC(CO)C(=O)O. The van der Waals surface area contributed by atoms with E-state index >= 15 is 0 Å². The van der Waals surface area contributed by atoms with Crippen molar-refractivity contribution in [2.24, 2.45) is 0 Å². The number of nitrogens with one attached hydrogen (secondary N) is 1. The molecule has 0 aromatic rings. The number of hydrogen-bond acceptors (Lipinski definition) is 5. The van der Waals surface area contributed by atoms with Crippen molar-refractivity contribution in [2.45, 2.75) is 18.2 Å². The van der Waals surface area contributed by atoms with E-state index in [-0.39, 0.29) is 5.75 Å². The number of carbonyl (C=O) groups is 2. The summed E-state index contributed by atoms with van der Waals surface area (Å²) in [7, 11) is -3.69. The van der Waals surface area contributed by atoms with E-state index in [1.54, 1.807) is 0 Å². The van der Waals surface area contributed by atoms with Crippen LogP contribution >= 0.6 is 0 Å². The van der Waals surface area contributed by atoms with Crippen LogP contribution in [0.5, 0.6) is 0 Å². The molecule has 98 valence electrons. The van der Waals surface area contributed by atoms with Crippen molar-refractivity contribution in [1.82, 2.24) is 5.32 Å². The summed E-state index contributed by atoms with van der Waals surface area (Å²) >= 11 is 0. The molecule has 0 aliphatic rings. The van der Waals surface area contributed by atoms with Crippen LogP contribution in [0.3, 0.4) is 0 Å². The Labute approximate surface area is 99.1 Å². The van der Waals surface area contributed by atoms with Crippen LogP contribution in [-0.2, 0) is 19.4 Å². The zero-order valence-electron chi connectivity index (χ0n) is 9.29. The van der Waals surface area contributed by atoms with Gasteiger partial charge in [-0.05, 0) is 6.92 Å². The van der Waals surface area contributed by atoms with E-state index in [9.17, 15) is 18.0 Å². The van der Waals surface area contributed by atoms with E-state index in [1.165, 1.54) is 0 Å². The highest BCUT2D eigenvalue weighted by Crippen LogP contribution is 2.03. The Morgan fingerprint density at radius 2 is 2.00 bits per heavy atom. The summed E-state index contributed by atoms with van der Waals surface area (Å²) in [6, 6.07) is -1.51. The van der Waals surface area contributed by atoms with Crippen molar-refractivity contribution in [3.8, 4) is 0 Å². The van der Waals surface area contributed by atoms with Gasteiger partial charge in [0.1, 0.15) is 11.3 Å². The summed E-state index contributed by atoms with van der Waals surface area (Å²) in [5.74, 6) is -2.78. The molecule has 0 rings (SSSR count). The van der Waals surface area contributed by atoms with E-state index in [4.69, 9.17) is 10.2 Å². The molecule has 17 heavy (non-hydrogen) atoms. The molecule has 1 amide bonds. The van der Waals surface area contributed by atoms with E-state index in [0.717, 1.165) is 13.0 Å². The lowest BCUT2D eigenvalue weighted by Gasteiger charge is -2.15. The maximum atomic E-state index is 11.5. The van der Waals surface area contributed by atoms with Gasteiger partial charge in [-0.2, -0.15) is 0 Å². The molecule has 0 fully saturated rings. The Kier molecular flexibility index (Phi) is 5.83. The Morgan fingerprint density at radius 1 is 1.47 bits per heavy atom. The fourth-order valence-electron chi connectivity index (χ4n) is 0.946. The first-order chi connectivity index (χ1) is 7.76. The fraction of sp³-hybridized carbons (Fsp3) is 0.556. The van der Waals surface area contributed by atoms with Gasteiger partial charge in [-0.3, -0.25) is 4.79 Å². The molecule has 0 aromatic heterocycles. The molecule has 8 heteroatoms. The molecule has 2 unspecified atom stereocenters. The summed E-state index contributed by atoms with van der Waals surface area (Å²) in [6.07, 6.45) is 1.14. The Hall–Kier alpha value is -1.41. The second kappa shape index (κ2) is 6.36. The number of amides is 1. The van der Waals surface area contributed by atoms with Crippen LogP contribution in [0, 0.1) is 0 Å². The third-order valence-electron chi connectivity index (χ3n) is 2.06. The normalized spacial score (nSPS) is 14.7. The van der Waals surface area contributed by atoms with Crippen LogP contribution in [-0.4, -0.2) is 54.2 Å². The molecule has 0 aliphatic carbocycles. The molecule has 7 nitrogen and oxygen atoms in total. The zero-order chi connectivity index (χ0) is 13.6. The van der Waals surface area contributed by atoms with E-state index in [2.05, 4.69) is 6.58 Å². The third kappa shape index (κ3) is 4.53. The van der Waals surface area contributed by atoms with Crippen molar-refractivity contribution < 1.29 is 28.2 Å². The lowest BCUT2D eigenvalue weighted by Crippen LogP contribution is -2.48. The van der Waals surface area contributed by atoms with Crippen molar-refractivity contribution in [1.29, 1.82) is 0 Å². The number of aliphatic carboxylic acids is 1. The first-order valence-electron chi connectivity index (χ1n) is 4.72. The second-order valence-corrected chi connectivity index (χ2v) is 5.71. The van der Waals surface area contributed by atoms with Crippen LogP contribution in [0.15, 0.2) is 12.7 Å². The van der Waals surface area contributed by atoms with Crippen molar-refractivity contribution in [3.05, 3.63) is 12.7 Å². The Bertz CT molecular complexity index is 402. The van der Waals surface area contributed by atoms with Crippen molar-refractivity contribution in [2.75, 3.05) is 12.4 Å². The monoisotopic (exact) mass is 265 g/mol. The quantitative estimate of drug-likeness (QED) is 0.484. The van der Waals surface area contributed by atoms with Gasteiger partial charge in [-0.15, -0.1) is 6.58 Å². The summed E-state index contributed by atoms with van der Waals surface area (Å²) < 4.78 is 22.9. The minimum absolute atomic E-state index is 0.377. The highest BCUT2D eigenvalue weighted by atomic mass is 32.2. The number of carbonyl (C=O) groups excluding carboxylic acids is 1. The lowest BCUT2D eigenvalue weighted by molar-refractivity contribution is -0.142. The van der Waals surface area contributed by atoms with Gasteiger partial charge in [0.25, 0.3) is 0 Å². The second-order valence-electron chi connectivity index (χ2n) is 3.34. The predicted molar refractivity (Wildman–Crippen MR) is 60.1 cm³/mol. The minimum atomic E-state index is -3.69. The smallest absolute Gasteiger partial charge is 0.328 e. The van der Waals surface area contributed by atoms with Crippen LogP contribution < -0.4 is 5.32 Å². The van der Waals surface area contributed by atoms with Crippen LogP contribution in [0.25, 0.3) is 0 Å². The number of sulfone groups is 1. The third-order valence-corrected chi connectivity index (χ3v) is 4.05. The summed E-state index contributed by atoms with van der Waals surface area (Å²) in [6.45, 7) is 3.58. The molecule has 0 heterocycles. The number of aliphatic hydroxyl groups excluding tert-OH is 1. The minimum Gasteiger partial charge on any atom is -0.480 e. The van der Waals surface area contributed by atoms with Gasteiger partial charge < -0.3 is 15.5 Å². The summed E-state index contributed by atoms with van der Waals surface area (Å²) in [4.78, 5) is 22.0. The number of carboxylic acids is 1. The van der Waals surface area contributed by atoms with Crippen molar-refractivity contribution in [3.63, 3.8) is 0 Å². The van der Waals surface area contributed by atoms with Crippen LogP contribution in [0.1, 0.15) is 6.92 Å². The molecular formula is C9H15NO6S. The van der Waals surface area contributed by atoms with Gasteiger partial charge in [-0.25, -0.2) is 13.2 Å². The summed E-state index contributed by atoms with van der Waals surface area (Å²) in [5, 5.41) is 17.8. The highest BCUT2D eigenvalue weighted by Gasteiger charge is 2.29. The van der Waals surface area contributed by atoms with E-state index in [0.29, 0.717) is 0 Å². The molecular weight excluding hydrogens is 250 g/mol. The zero-order valence-corrected chi connectivity index (χ0v) is 10.1. The van der Waals surface area contributed by atoms with Gasteiger partial charge in [0.2, 0.25) is 5.91 Å². The van der Waals surface area contributed by atoms with E-state index in [1.807, 2.05) is 5.32 Å². The number of aliphatic hydroxyl groups is 1. The largest absolute Gasteiger partial charge is 0.480 e. The topological polar surface area (TPSA) is 121 Å². The van der Waals surface area contributed by atoms with Gasteiger partial charge in [0.15, 0.2) is 9.84 Å². The van der Waals surface area contributed by atoms with Gasteiger partial charge in [0, 0.05) is 0 Å². The lowest BCUT2D eigenvalue weighted by atomic mass is 10.3. The molecule has 0 bridgehead atoms.